The van der Waals surface area contributed by atoms with E-state index in [0.717, 1.165) is 0 Å². The molecule has 1 heterocycles. The van der Waals surface area contributed by atoms with Crippen molar-refractivity contribution in [2.24, 2.45) is 0 Å². The standard InChI is InChI=1S/C18H19ClN2O6/c1-4-27-18(23)16-11(2)20(7-8-26-3)17(22)14(16)10-12-9-13(21(24)25)5-6-15(12)19/h5-6,9-10H,4,7-8H2,1-3H3/b14-10-. The fraction of sp³-hybridized carbons (Fsp3) is 0.333. The van der Waals surface area contributed by atoms with E-state index in [1.807, 2.05) is 0 Å². The van der Waals surface area contributed by atoms with Crippen LogP contribution in [0.15, 0.2) is 35.0 Å². The Kier molecular flexibility index (Phi) is 6.70. The summed E-state index contributed by atoms with van der Waals surface area (Å²) in [6.45, 7) is 3.98. The summed E-state index contributed by atoms with van der Waals surface area (Å²) < 4.78 is 10.1. The number of nitro groups is 1. The van der Waals surface area contributed by atoms with E-state index in [9.17, 15) is 19.7 Å². The van der Waals surface area contributed by atoms with E-state index in [4.69, 9.17) is 21.1 Å². The molecule has 27 heavy (non-hydrogen) atoms. The molecule has 0 saturated heterocycles. The van der Waals surface area contributed by atoms with Crippen molar-refractivity contribution in [1.82, 2.24) is 4.90 Å². The average molecular weight is 395 g/mol. The van der Waals surface area contributed by atoms with Gasteiger partial charge in [-0.1, -0.05) is 11.6 Å². The zero-order valence-corrected chi connectivity index (χ0v) is 15.9. The zero-order chi connectivity index (χ0) is 20.1. The third kappa shape index (κ3) is 4.35. The van der Waals surface area contributed by atoms with Crippen LogP contribution in [0.25, 0.3) is 6.08 Å². The highest BCUT2D eigenvalue weighted by molar-refractivity contribution is 6.32. The van der Waals surface area contributed by atoms with E-state index in [1.165, 1.54) is 36.3 Å². The second-order valence-corrected chi connectivity index (χ2v) is 6.06. The lowest BCUT2D eigenvalue weighted by Gasteiger charge is -2.16. The average Bonchev–Trinajstić information content (AvgIpc) is 2.85. The molecule has 0 unspecified atom stereocenters. The van der Waals surface area contributed by atoms with Crippen molar-refractivity contribution < 1.29 is 24.0 Å². The molecule has 0 saturated carbocycles. The zero-order valence-electron chi connectivity index (χ0n) is 15.2. The van der Waals surface area contributed by atoms with Crippen LogP contribution < -0.4 is 0 Å². The van der Waals surface area contributed by atoms with Gasteiger partial charge in [-0.25, -0.2) is 4.79 Å². The van der Waals surface area contributed by atoms with Crippen molar-refractivity contribution in [1.29, 1.82) is 0 Å². The summed E-state index contributed by atoms with van der Waals surface area (Å²) in [5.41, 5.74) is 0.706. The molecule has 8 nitrogen and oxygen atoms in total. The van der Waals surface area contributed by atoms with E-state index in [1.54, 1.807) is 13.8 Å². The Labute approximate surface area is 161 Å². The van der Waals surface area contributed by atoms with Crippen LogP contribution >= 0.6 is 11.6 Å². The molecule has 1 aromatic carbocycles. The largest absolute Gasteiger partial charge is 0.462 e. The molecule has 0 aliphatic carbocycles. The second-order valence-electron chi connectivity index (χ2n) is 5.65. The highest BCUT2D eigenvalue weighted by Gasteiger charge is 2.37. The highest BCUT2D eigenvalue weighted by atomic mass is 35.5. The maximum atomic E-state index is 12.9. The highest BCUT2D eigenvalue weighted by Crippen LogP contribution is 2.33. The van der Waals surface area contributed by atoms with Gasteiger partial charge in [-0.15, -0.1) is 0 Å². The third-order valence-corrected chi connectivity index (χ3v) is 4.34. The van der Waals surface area contributed by atoms with E-state index < -0.39 is 16.8 Å². The Balaban J connectivity index is 2.56. The van der Waals surface area contributed by atoms with Crippen LogP contribution in [0.1, 0.15) is 19.4 Å². The van der Waals surface area contributed by atoms with Gasteiger partial charge >= 0.3 is 5.97 Å². The Morgan fingerprint density at radius 2 is 2.11 bits per heavy atom. The molecule has 1 aliphatic rings. The van der Waals surface area contributed by atoms with Gasteiger partial charge < -0.3 is 14.4 Å². The maximum absolute atomic E-state index is 12.9. The van der Waals surface area contributed by atoms with Crippen LogP contribution in [-0.2, 0) is 19.1 Å². The first kappa shape index (κ1) is 20.6. The summed E-state index contributed by atoms with van der Waals surface area (Å²) in [5, 5.41) is 11.2. The lowest BCUT2D eigenvalue weighted by Crippen LogP contribution is -2.28. The Hall–Kier alpha value is -2.71. The van der Waals surface area contributed by atoms with E-state index in [-0.39, 0.29) is 47.2 Å². The SMILES string of the molecule is CCOC(=O)C1=C(C)N(CCOC)C(=O)/C1=C\c1cc([N+](=O)[O-])ccc1Cl. The smallest absolute Gasteiger partial charge is 0.340 e. The molecular weight excluding hydrogens is 376 g/mol. The molecule has 144 valence electrons. The molecule has 0 atom stereocenters. The molecule has 1 aliphatic heterocycles. The predicted octanol–water partition coefficient (Wildman–Crippen LogP) is 2.96. The number of nitro benzene ring substituents is 1. The van der Waals surface area contributed by atoms with Gasteiger partial charge in [-0.2, -0.15) is 0 Å². The monoisotopic (exact) mass is 394 g/mol. The van der Waals surface area contributed by atoms with Crippen LogP contribution in [-0.4, -0.2) is 48.6 Å². The number of carbonyl (C=O) groups excluding carboxylic acids is 2. The third-order valence-electron chi connectivity index (χ3n) is 4.00. The van der Waals surface area contributed by atoms with Crippen molar-refractivity contribution in [3.63, 3.8) is 0 Å². The minimum absolute atomic E-state index is 0.0736. The Bertz CT molecular complexity index is 846. The van der Waals surface area contributed by atoms with Gasteiger partial charge in [-0.05, 0) is 26.0 Å². The van der Waals surface area contributed by atoms with E-state index >= 15 is 0 Å². The fourth-order valence-electron chi connectivity index (χ4n) is 2.69. The summed E-state index contributed by atoms with van der Waals surface area (Å²) >= 11 is 6.13. The van der Waals surface area contributed by atoms with Crippen molar-refractivity contribution in [3.8, 4) is 0 Å². The number of carbonyl (C=O) groups is 2. The number of amides is 1. The van der Waals surface area contributed by atoms with Gasteiger partial charge in [0.15, 0.2) is 0 Å². The number of nitrogens with zero attached hydrogens (tertiary/aromatic N) is 2. The molecule has 0 bridgehead atoms. The number of hydrogen-bond acceptors (Lipinski definition) is 6. The van der Waals surface area contributed by atoms with Crippen molar-refractivity contribution in [2.45, 2.75) is 13.8 Å². The quantitative estimate of drug-likeness (QED) is 0.305. The number of rotatable bonds is 7. The molecule has 0 spiro atoms. The van der Waals surface area contributed by atoms with Gasteiger partial charge in [0.2, 0.25) is 0 Å². The number of benzene rings is 1. The maximum Gasteiger partial charge on any atom is 0.340 e. The number of methoxy groups -OCH3 is 1. The molecule has 2 rings (SSSR count). The van der Waals surface area contributed by atoms with E-state index in [2.05, 4.69) is 0 Å². The second kappa shape index (κ2) is 8.79. The fourth-order valence-corrected chi connectivity index (χ4v) is 2.86. The first-order valence-electron chi connectivity index (χ1n) is 8.16. The number of esters is 1. The van der Waals surface area contributed by atoms with Crippen LogP contribution in [0.5, 0.6) is 0 Å². The van der Waals surface area contributed by atoms with Gasteiger partial charge in [0, 0.05) is 42.1 Å². The van der Waals surface area contributed by atoms with Crippen molar-refractivity contribution >= 4 is 35.2 Å². The number of ether oxygens (including phenoxy) is 2. The first-order chi connectivity index (χ1) is 12.8. The van der Waals surface area contributed by atoms with Crippen LogP contribution in [0.3, 0.4) is 0 Å². The van der Waals surface area contributed by atoms with Gasteiger partial charge in [0.1, 0.15) is 0 Å². The minimum Gasteiger partial charge on any atom is -0.462 e. The molecular formula is C18H19ClN2O6. The van der Waals surface area contributed by atoms with E-state index in [0.29, 0.717) is 5.70 Å². The summed E-state index contributed by atoms with van der Waals surface area (Å²) in [6, 6.07) is 3.88. The first-order valence-corrected chi connectivity index (χ1v) is 8.54. The molecule has 0 fully saturated rings. The topological polar surface area (TPSA) is 99.0 Å². The van der Waals surface area contributed by atoms with Crippen molar-refractivity contribution in [3.05, 3.63) is 55.7 Å². The molecule has 1 amide bonds. The molecule has 0 N–H and O–H groups in total. The minimum atomic E-state index is -0.643. The van der Waals surface area contributed by atoms with Crippen molar-refractivity contribution in [2.75, 3.05) is 26.9 Å². The van der Waals surface area contributed by atoms with Crippen LogP contribution in [0.2, 0.25) is 5.02 Å². The number of non-ortho nitro benzene ring substituents is 1. The Morgan fingerprint density at radius 3 is 2.70 bits per heavy atom. The number of hydrogen-bond donors (Lipinski definition) is 0. The summed E-state index contributed by atoms with van der Waals surface area (Å²) in [7, 11) is 1.51. The predicted molar refractivity (Wildman–Crippen MR) is 99.0 cm³/mol. The molecule has 0 radical (unpaired) electrons. The normalized spacial score (nSPS) is 15.6. The lowest BCUT2D eigenvalue weighted by molar-refractivity contribution is -0.384. The Morgan fingerprint density at radius 1 is 1.41 bits per heavy atom. The van der Waals surface area contributed by atoms with Gasteiger partial charge in [-0.3, -0.25) is 14.9 Å². The van der Waals surface area contributed by atoms with Crippen LogP contribution in [0.4, 0.5) is 5.69 Å². The van der Waals surface area contributed by atoms with Crippen LogP contribution in [0, 0.1) is 10.1 Å². The molecule has 1 aromatic rings. The number of allylic oxidation sites excluding steroid dienone is 1. The van der Waals surface area contributed by atoms with Gasteiger partial charge in [0.25, 0.3) is 11.6 Å². The molecule has 9 heteroatoms. The summed E-state index contributed by atoms with van der Waals surface area (Å²) in [4.78, 5) is 37.1. The lowest BCUT2D eigenvalue weighted by atomic mass is 10.0. The van der Waals surface area contributed by atoms with Gasteiger partial charge in [0.05, 0.1) is 29.3 Å². The molecule has 0 aromatic heterocycles. The summed E-state index contributed by atoms with van der Waals surface area (Å²) in [6.07, 6.45) is 1.38. The number of halogens is 1. The summed E-state index contributed by atoms with van der Waals surface area (Å²) in [5.74, 6) is -1.06.